The van der Waals surface area contributed by atoms with Crippen LogP contribution in [0.4, 0.5) is 0 Å². The van der Waals surface area contributed by atoms with Crippen molar-refractivity contribution in [3.63, 3.8) is 0 Å². The molecule has 0 unspecified atom stereocenters. The monoisotopic (exact) mass is 552 g/mol. The minimum absolute atomic E-state index is 0.898. The number of benzene rings is 6. The van der Waals surface area contributed by atoms with Gasteiger partial charge in [0.15, 0.2) is 0 Å². The van der Waals surface area contributed by atoms with Crippen molar-refractivity contribution in [3.05, 3.63) is 158 Å². The molecule has 0 N–H and O–H groups in total. The van der Waals surface area contributed by atoms with Gasteiger partial charge in [0.2, 0.25) is 0 Å². The van der Waals surface area contributed by atoms with Gasteiger partial charge in [0.1, 0.15) is 11.2 Å². The fourth-order valence-corrected chi connectivity index (χ4v) is 6.48. The van der Waals surface area contributed by atoms with Crippen LogP contribution >= 0.6 is 0 Å². The third kappa shape index (κ3) is 4.33. The van der Waals surface area contributed by atoms with E-state index in [0.717, 1.165) is 44.2 Å². The summed E-state index contributed by atoms with van der Waals surface area (Å²) in [6.07, 6.45) is 8.02. The SMILES string of the molecule is C=C/C(=C\C)c1ccc(-c2c3ccccc3c(-c3ccc(/C(C=C)=C/C)cc3)c3cc4c(cc23)oc2ccccc24)cc1. The molecule has 0 atom stereocenters. The number of rotatable bonds is 6. The minimum Gasteiger partial charge on any atom is -0.456 e. The first-order valence-electron chi connectivity index (χ1n) is 14.7. The lowest BCUT2D eigenvalue weighted by Crippen LogP contribution is -1.92. The summed E-state index contributed by atoms with van der Waals surface area (Å²) in [6, 6.07) is 39.4. The lowest BCUT2D eigenvalue weighted by Gasteiger charge is -2.18. The van der Waals surface area contributed by atoms with E-state index in [9.17, 15) is 0 Å². The zero-order valence-electron chi connectivity index (χ0n) is 24.5. The molecule has 0 spiro atoms. The van der Waals surface area contributed by atoms with E-state index in [4.69, 9.17) is 4.42 Å². The van der Waals surface area contributed by atoms with E-state index < -0.39 is 0 Å². The van der Waals surface area contributed by atoms with Gasteiger partial charge in [-0.3, -0.25) is 0 Å². The van der Waals surface area contributed by atoms with Gasteiger partial charge in [0, 0.05) is 10.8 Å². The molecule has 1 nitrogen and oxygen atoms in total. The molecular formula is C42H32O. The molecule has 7 aromatic rings. The summed E-state index contributed by atoms with van der Waals surface area (Å²) in [5, 5.41) is 7.08. The second-order valence-corrected chi connectivity index (χ2v) is 10.8. The number of hydrogen-bond donors (Lipinski definition) is 0. The highest BCUT2D eigenvalue weighted by atomic mass is 16.3. The van der Waals surface area contributed by atoms with E-state index in [1.54, 1.807) is 0 Å². The Morgan fingerprint density at radius 1 is 0.488 bits per heavy atom. The Morgan fingerprint density at radius 3 is 1.44 bits per heavy atom. The molecule has 0 fully saturated rings. The van der Waals surface area contributed by atoms with Crippen molar-refractivity contribution in [3.8, 4) is 22.3 Å². The Kier molecular flexibility index (Phi) is 6.64. The Morgan fingerprint density at radius 2 is 0.953 bits per heavy atom. The van der Waals surface area contributed by atoms with Crippen molar-refractivity contribution in [1.29, 1.82) is 0 Å². The molecule has 0 bridgehead atoms. The summed E-state index contributed by atoms with van der Waals surface area (Å²) in [7, 11) is 0. The molecule has 1 heteroatoms. The molecule has 0 radical (unpaired) electrons. The van der Waals surface area contributed by atoms with Crippen LogP contribution in [0, 0.1) is 0 Å². The molecule has 0 aliphatic heterocycles. The summed E-state index contributed by atoms with van der Waals surface area (Å²) in [5.74, 6) is 0. The maximum Gasteiger partial charge on any atom is 0.136 e. The van der Waals surface area contributed by atoms with Gasteiger partial charge in [0.05, 0.1) is 0 Å². The zero-order chi connectivity index (χ0) is 29.5. The van der Waals surface area contributed by atoms with Crippen LogP contribution in [0.3, 0.4) is 0 Å². The zero-order valence-corrected chi connectivity index (χ0v) is 24.5. The maximum atomic E-state index is 6.42. The average molecular weight is 553 g/mol. The third-order valence-electron chi connectivity index (χ3n) is 8.60. The van der Waals surface area contributed by atoms with Gasteiger partial charge >= 0.3 is 0 Å². The molecule has 0 saturated carbocycles. The van der Waals surface area contributed by atoms with Crippen LogP contribution in [0.2, 0.25) is 0 Å². The Hall–Kier alpha value is -5.40. The van der Waals surface area contributed by atoms with E-state index in [1.165, 1.54) is 43.8 Å². The Labute approximate surface area is 252 Å². The van der Waals surface area contributed by atoms with E-state index in [2.05, 4.69) is 129 Å². The highest BCUT2D eigenvalue weighted by molar-refractivity contribution is 6.25. The van der Waals surface area contributed by atoms with Crippen molar-refractivity contribution >= 4 is 54.6 Å². The molecule has 6 aromatic carbocycles. The Balaban J connectivity index is 1.59. The van der Waals surface area contributed by atoms with Crippen molar-refractivity contribution in [2.45, 2.75) is 13.8 Å². The summed E-state index contributed by atoms with van der Waals surface area (Å²) in [4.78, 5) is 0. The second kappa shape index (κ2) is 10.8. The van der Waals surface area contributed by atoms with E-state index >= 15 is 0 Å². The molecule has 43 heavy (non-hydrogen) atoms. The predicted octanol–water partition coefficient (Wildman–Crippen LogP) is 12.4. The molecule has 0 aliphatic carbocycles. The van der Waals surface area contributed by atoms with Gasteiger partial charge in [-0.2, -0.15) is 0 Å². The summed E-state index contributed by atoms with van der Waals surface area (Å²) in [5.41, 5.74) is 11.2. The van der Waals surface area contributed by atoms with E-state index in [0.29, 0.717) is 0 Å². The lowest BCUT2D eigenvalue weighted by atomic mass is 9.85. The number of furan rings is 1. The van der Waals surface area contributed by atoms with Crippen LogP contribution in [0.5, 0.6) is 0 Å². The maximum absolute atomic E-state index is 6.42. The molecule has 0 amide bonds. The molecule has 1 aromatic heterocycles. The number of fused-ring (bicyclic) bond motifs is 5. The van der Waals surface area contributed by atoms with Gasteiger partial charge in [-0.1, -0.05) is 128 Å². The standard InChI is InChI=1S/C42H32O/c1-5-27(6-2)29-17-21-31(22-18-29)41-34-14-9-10-15-35(34)42(32-23-19-30(20-24-32)28(7-3)8-4)38-26-40-36(25-37(38)41)33-13-11-12-16-39(33)43-40/h5-26H,1,3H2,2,4H3/b27-6+,28-8+. The molecule has 0 aliphatic rings. The van der Waals surface area contributed by atoms with Crippen molar-refractivity contribution in [1.82, 2.24) is 0 Å². The normalized spacial score (nSPS) is 12.4. The smallest absolute Gasteiger partial charge is 0.136 e. The average Bonchev–Trinajstić information content (AvgIpc) is 3.42. The van der Waals surface area contributed by atoms with E-state index in [1.807, 2.05) is 31.2 Å². The first kappa shape index (κ1) is 26.5. The number of para-hydroxylation sites is 1. The molecular weight excluding hydrogens is 520 g/mol. The second-order valence-electron chi connectivity index (χ2n) is 10.8. The largest absolute Gasteiger partial charge is 0.456 e. The lowest BCUT2D eigenvalue weighted by molar-refractivity contribution is 0.669. The van der Waals surface area contributed by atoms with Crippen molar-refractivity contribution < 1.29 is 4.42 Å². The van der Waals surface area contributed by atoms with Crippen LogP contribution in [0.1, 0.15) is 25.0 Å². The van der Waals surface area contributed by atoms with Crippen molar-refractivity contribution in [2.24, 2.45) is 0 Å². The van der Waals surface area contributed by atoms with Gasteiger partial charge in [-0.25, -0.2) is 0 Å². The Bertz CT molecular complexity index is 2250. The van der Waals surface area contributed by atoms with Crippen LogP contribution in [-0.2, 0) is 0 Å². The number of allylic oxidation sites excluding steroid dienone is 6. The van der Waals surface area contributed by atoms with Gasteiger partial charge in [0.25, 0.3) is 0 Å². The molecule has 0 saturated heterocycles. The molecule has 206 valence electrons. The van der Waals surface area contributed by atoms with Crippen LogP contribution < -0.4 is 0 Å². The quantitative estimate of drug-likeness (QED) is 0.148. The molecule has 1 heterocycles. The number of hydrogen-bond acceptors (Lipinski definition) is 1. The van der Waals surface area contributed by atoms with Crippen LogP contribution in [-0.4, -0.2) is 0 Å². The molecule has 7 rings (SSSR count). The van der Waals surface area contributed by atoms with E-state index in [-0.39, 0.29) is 0 Å². The predicted molar refractivity (Wildman–Crippen MR) is 187 cm³/mol. The fraction of sp³-hybridized carbons (Fsp3) is 0.0476. The third-order valence-corrected chi connectivity index (χ3v) is 8.60. The first-order chi connectivity index (χ1) is 21.1. The van der Waals surface area contributed by atoms with Gasteiger partial charge < -0.3 is 4.42 Å². The van der Waals surface area contributed by atoms with Crippen LogP contribution in [0.15, 0.2) is 151 Å². The highest BCUT2D eigenvalue weighted by Gasteiger charge is 2.19. The van der Waals surface area contributed by atoms with Gasteiger partial charge in [-0.15, -0.1) is 0 Å². The summed E-state index contributed by atoms with van der Waals surface area (Å²) in [6.45, 7) is 12.1. The summed E-state index contributed by atoms with van der Waals surface area (Å²) >= 11 is 0. The highest BCUT2D eigenvalue weighted by Crippen LogP contribution is 2.46. The van der Waals surface area contributed by atoms with Crippen molar-refractivity contribution in [2.75, 3.05) is 0 Å². The fourth-order valence-electron chi connectivity index (χ4n) is 6.48. The minimum atomic E-state index is 0.898. The van der Waals surface area contributed by atoms with Gasteiger partial charge in [-0.05, 0) is 98.1 Å². The first-order valence-corrected chi connectivity index (χ1v) is 14.7. The topological polar surface area (TPSA) is 13.1 Å². The summed E-state index contributed by atoms with van der Waals surface area (Å²) < 4.78 is 6.42. The van der Waals surface area contributed by atoms with Crippen LogP contribution in [0.25, 0.3) is 76.9 Å².